The van der Waals surface area contributed by atoms with Crippen molar-refractivity contribution in [3.05, 3.63) is 73.6 Å². The second-order valence-electron chi connectivity index (χ2n) is 6.25. The number of aromatic nitrogens is 1. The number of nitro groups is 2. The van der Waals surface area contributed by atoms with Crippen LogP contribution in [0, 0.1) is 20.2 Å². The first kappa shape index (κ1) is 23.0. The minimum Gasteiger partial charge on any atom is -0.772 e. The van der Waals surface area contributed by atoms with Crippen LogP contribution in [-0.2, 0) is 21.6 Å². The lowest BCUT2D eigenvalue weighted by molar-refractivity contribution is -0.395. The molecule has 2 rings (SSSR count). The van der Waals surface area contributed by atoms with Gasteiger partial charge >= 0.3 is 0 Å². The third kappa shape index (κ3) is 5.21. The summed E-state index contributed by atoms with van der Waals surface area (Å²) in [5.74, 6) is -1.85. The number of amides is 1. The Morgan fingerprint density at radius 3 is 2.20 bits per heavy atom. The van der Waals surface area contributed by atoms with Crippen LogP contribution in [0.3, 0.4) is 0 Å². The molecule has 30 heavy (non-hydrogen) atoms. The molecule has 0 spiro atoms. The molecule has 0 saturated carbocycles. The first-order valence-electron chi connectivity index (χ1n) is 8.91. The molecule has 2 atom stereocenters. The molecule has 1 aromatic carbocycles. The maximum Gasteiger partial charge on any atom is 0.298 e. The highest BCUT2D eigenvalue weighted by Crippen LogP contribution is 2.34. The highest BCUT2D eigenvalue weighted by atomic mass is 32.2. The molecule has 0 N–H and O–H groups in total. The minimum atomic E-state index is -2.30. The number of hydrogen-bond donors (Lipinski definition) is 0. The molecule has 0 saturated heterocycles. The summed E-state index contributed by atoms with van der Waals surface area (Å²) in [6.45, 7) is 4.20. The van der Waals surface area contributed by atoms with Crippen molar-refractivity contribution in [2.45, 2.75) is 25.5 Å². The Hall–Kier alpha value is -3.25. The van der Waals surface area contributed by atoms with Gasteiger partial charge in [0.1, 0.15) is 17.8 Å². The van der Waals surface area contributed by atoms with E-state index in [9.17, 15) is 33.8 Å². The van der Waals surface area contributed by atoms with Gasteiger partial charge in [-0.15, -0.1) is 0 Å². The van der Waals surface area contributed by atoms with E-state index in [4.69, 9.17) is 0 Å². The molecule has 0 aliphatic heterocycles. The van der Waals surface area contributed by atoms with E-state index in [1.165, 1.54) is 29.2 Å². The van der Waals surface area contributed by atoms with Gasteiger partial charge < -0.3 is 9.45 Å². The van der Waals surface area contributed by atoms with Gasteiger partial charge in [-0.25, -0.2) is 4.98 Å². The molecule has 1 amide bonds. The lowest BCUT2D eigenvalue weighted by Gasteiger charge is -2.25. The molecule has 1 aromatic heterocycles. The van der Waals surface area contributed by atoms with Crippen LogP contribution in [0.15, 0.2) is 36.5 Å². The lowest BCUT2D eigenvalue weighted by Crippen LogP contribution is -2.36. The van der Waals surface area contributed by atoms with Gasteiger partial charge in [0.25, 0.3) is 11.4 Å². The zero-order valence-electron chi connectivity index (χ0n) is 16.2. The second kappa shape index (κ2) is 9.98. The van der Waals surface area contributed by atoms with Crippen molar-refractivity contribution in [2.24, 2.45) is 0 Å². The van der Waals surface area contributed by atoms with Crippen LogP contribution in [-0.4, -0.2) is 47.5 Å². The fourth-order valence-electron chi connectivity index (χ4n) is 3.00. The van der Waals surface area contributed by atoms with Gasteiger partial charge in [0.05, 0.1) is 15.9 Å². The van der Waals surface area contributed by atoms with E-state index in [2.05, 4.69) is 4.98 Å². The zero-order valence-corrected chi connectivity index (χ0v) is 17.0. The number of likely N-dealkylation sites (N-methyl/N-ethyl adjacent to an activating group) is 1. The highest BCUT2D eigenvalue weighted by Gasteiger charge is 2.34. The molecular formula is C18H19N4O7S-. The molecule has 0 bridgehead atoms. The maximum atomic E-state index is 13.2. The third-order valence-corrected chi connectivity index (χ3v) is 5.05. The van der Waals surface area contributed by atoms with Gasteiger partial charge in [-0.05, 0) is 25.0 Å². The summed E-state index contributed by atoms with van der Waals surface area (Å²) in [5.41, 5.74) is -0.584. The largest absolute Gasteiger partial charge is 0.772 e. The predicted molar refractivity (Wildman–Crippen MR) is 106 cm³/mol. The maximum absolute atomic E-state index is 13.2. The van der Waals surface area contributed by atoms with Crippen LogP contribution >= 0.6 is 0 Å². The van der Waals surface area contributed by atoms with Crippen molar-refractivity contribution in [2.75, 3.05) is 13.1 Å². The van der Waals surface area contributed by atoms with Crippen LogP contribution in [0.1, 0.15) is 36.6 Å². The second-order valence-corrected chi connectivity index (χ2v) is 7.14. The van der Waals surface area contributed by atoms with Crippen LogP contribution < -0.4 is 0 Å². The Morgan fingerprint density at radius 2 is 1.73 bits per heavy atom. The molecule has 0 aliphatic rings. The van der Waals surface area contributed by atoms with E-state index in [-0.39, 0.29) is 11.4 Å². The van der Waals surface area contributed by atoms with Crippen molar-refractivity contribution < 1.29 is 23.4 Å². The molecule has 11 nitrogen and oxygen atoms in total. The zero-order chi connectivity index (χ0) is 22.4. The van der Waals surface area contributed by atoms with Crippen molar-refractivity contribution in [1.82, 2.24) is 9.88 Å². The van der Waals surface area contributed by atoms with Gasteiger partial charge in [0.15, 0.2) is 0 Å². The Kier molecular flexibility index (Phi) is 7.66. The number of benzene rings is 1. The summed E-state index contributed by atoms with van der Waals surface area (Å²) in [5, 5.41) is 22.6. The quantitative estimate of drug-likeness (QED) is 0.329. The molecule has 12 heteroatoms. The summed E-state index contributed by atoms with van der Waals surface area (Å²) in [7, 11) is 0. The van der Waals surface area contributed by atoms with E-state index in [1.54, 1.807) is 13.8 Å². The number of nitrogens with zero attached hydrogens (tertiary/aromatic N) is 4. The third-order valence-electron chi connectivity index (χ3n) is 4.48. The smallest absolute Gasteiger partial charge is 0.298 e. The van der Waals surface area contributed by atoms with Crippen molar-refractivity contribution in [3.8, 4) is 0 Å². The number of rotatable bonds is 9. The normalized spacial score (nSPS) is 12.8. The Bertz CT molecular complexity index is 977. The Balaban J connectivity index is 2.65. The van der Waals surface area contributed by atoms with E-state index in [0.29, 0.717) is 24.2 Å². The predicted octanol–water partition coefficient (Wildman–Crippen LogP) is 2.28. The molecule has 0 aliphatic carbocycles. The molecule has 1 heterocycles. The SMILES string of the molecule is CCN(CC)C(=O)C(c1ccc(CS(=O)[O-])cc1)c1ncc([N+](=O)[O-])cc1[N+](=O)[O-]. The van der Waals surface area contributed by atoms with Crippen molar-refractivity contribution in [1.29, 1.82) is 0 Å². The molecule has 160 valence electrons. The van der Waals surface area contributed by atoms with E-state index in [1.807, 2.05) is 0 Å². The van der Waals surface area contributed by atoms with Gasteiger partial charge in [-0.1, -0.05) is 35.3 Å². The standard InChI is InChI=1S/C18H20N4O7S/c1-3-20(4-2)18(23)16(13-7-5-12(6-8-13)11-30(28)29)17-15(22(26)27)9-14(10-19-17)21(24)25/h5-10,16H,3-4,11H2,1-2H3,(H,28,29)/p-1. The molecular weight excluding hydrogens is 416 g/mol. The first-order valence-corrected chi connectivity index (χ1v) is 10.2. The minimum absolute atomic E-state index is 0.217. The van der Waals surface area contributed by atoms with E-state index in [0.717, 1.165) is 12.3 Å². The molecule has 0 fully saturated rings. The van der Waals surface area contributed by atoms with Crippen LogP contribution in [0.25, 0.3) is 0 Å². The Morgan fingerprint density at radius 1 is 1.13 bits per heavy atom. The van der Waals surface area contributed by atoms with Crippen molar-refractivity contribution in [3.63, 3.8) is 0 Å². The fourth-order valence-corrected chi connectivity index (χ4v) is 3.46. The topological polar surface area (TPSA) is 160 Å². The molecule has 2 unspecified atom stereocenters. The van der Waals surface area contributed by atoms with Gasteiger partial charge in [-0.2, -0.15) is 0 Å². The summed E-state index contributed by atoms with van der Waals surface area (Å²) in [4.78, 5) is 39.6. The number of carbonyl (C=O) groups excluding carboxylic acids is 1. The summed E-state index contributed by atoms with van der Waals surface area (Å²) in [6.07, 6.45) is 0.875. The Labute approximate surface area is 174 Å². The van der Waals surface area contributed by atoms with Crippen LogP contribution in [0.2, 0.25) is 0 Å². The van der Waals surface area contributed by atoms with Gasteiger partial charge in [0, 0.05) is 18.8 Å². The van der Waals surface area contributed by atoms with Crippen LogP contribution in [0.4, 0.5) is 11.4 Å². The average molecular weight is 435 g/mol. The molecule has 0 radical (unpaired) electrons. The fraction of sp³-hybridized carbons (Fsp3) is 0.333. The number of hydrogen-bond acceptors (Lipinski definition) is 8. The van der Waals surface area contributed by atoms with E-state index < -0.39 is 44.1 Å². The van der Waals surface area contributed by atoms with Gasteiger partial charge in [0.2, 0.25) is 5.91 Å². The lowest BCUT2D eigenvalue weighted by atomic mass is 9.91. The average Bonchev–Trinajstić information content (AvgIpc) is 2.70. The van der Waals surface area contributed by atoms with Gasteiger partial charge in [-0.3, -0.25) is 29.2 Å². The summed E-state index contributed by atoms with van der Waals surface area (Å²) < 4.78 is 21.8. The first-order chi connectivity index (χ1) is 14.2. The number of pyridine rings is 1. The van der Waals surface area contributed by atoms with Crippen LogP contribution in [0.5, 0.6) is 0 Å². The number of carbonyl (C=O) groups is 1. The molecule has 2 aromatic rings. The highest BCUT2D eigenvalue weighted by molar-refractivity contribution is 7.78. The van der Waals surface area contributed by atoms with E-state index >= 15 is 0 Å². The summed E-state index contributed by atoms with van der Waals surface area (Å²) in [6, 6.07) is 6.79. The summed E-state index contributed by atoms with van der Waals surface area (Å²) >= 11 is -2.30. The van der Waals surface area contributed by atoms with Crippen molar-refractivity contribution >= 4 is 28.4 Å². The monoisotopic (exact) mass is 435 g/mol.